The van der Waals surface area contributed by atoms with E-state index in [2.05, 4.69) is 15.6 Å². The predicted octanol–water partition coefficient (Wildman–Crippen LogP) is 5.45. The lowest BCUT2D eigenvalue weighted by atomic mass is 9.98. The fourth-order valence-corrected chi connectivity index (χ4v) is 5.47. The zero-order valence-electron chi connectivity index (χ0n) is 20.5. The topological polar surface area (TPSA) is 83.6 Å². The maximum atomic E-state index is 13.1. The second-order valence-electron chi connectivity index (χ2n) is 8.67. The Bertz CT molecular complexity index is 1220. The summed E-state index contributed by atoms with van der Waals surface area (Å²) < 4.78 is 5.37. The van der Waals surface area contributed by atoms with E-state index < -0.39 is 0 Å². The predicted molar refractivity (Wildman–Crippen MR) is 148 cm³/mol. The Balaban J connectivity index is 1.40. The number of hydrogen-bond donors (Lipinski definition) is 2. The average Bonchev–Trinajstić information content (AvgIpc) is 3.40. The molecule has 0 radical (unpaired) electrons. The highest BCUT2D eigenvalue weighted by atomic mass is 32.1. The highest BCUT2D eigenvalue weighted by Crippen LogP contribution is 2.33. The number of amides is 2. The van der Waals surface area contributed by atoms with E-state index in [4.69, 9.17) is 17.0 Å². The second-order valence-corrected chi connectivity index (χ2v) is 9.94. The molecule has 2 N–H and O–H groups in total. The quantitative estimate of drug-likeness (QED) is 0.402. The van der Waals surface area contributed by atoms with Crippen molar-refractivity contribution in [1.29, 1.82) is 0 Å². The first kappa shape index (κ1) is 25.8. The average molecular weight is 523 g/mol. The van der Waals surface area contributed by atoms with Crippen LogP contribution in [0.15, 0.2) is 53.9 Å². The Morgan fingerprint density at radius 2 is 1.92 bits per heavy atom. The number of rotatable bonds is 7. The molecule has 4 rings (SSSR count). The van der Waals surface area contributed by atoms with Crippen LogP contribution in [0.2, 0.25) is 0 Å². The van der Waals surface area contributed by atoms with Crippen molar-refractivity contribution in [3.63, 3.8) is 0 Å². The third-order valence-electron chi connectivity index (χ3n) is 6.17. The van der Waals surface area contributed by atoms with Crippen molar-refractivity contribution in [1.82, 2.24) is 15.2 Å². The van der Waals surface area contributed by atoms with Crippen LogP contribution in [0, 0.1) is 0 Å². The molecule has 3 aromatic rings. The van der Waals surface area contributed by atoms with E-state index in [-0.39, 0.29) is 17.7 Å². The summed E-state index contributed by atoms with van der Waals surface area (Å²) in [6.07, 6.45) is 3.00. The first-order chi connectivity index (χ1) is 17.5. The molecular formula is C27H30N4O3S2. The lowest BCUT2D eigenvalue weighted by molar-refractivity contribution is -0.119. The molecule has 0 unspecified atom stereocenters. The van der Waals surface area contributed by atoms with E-state index in [9.17, 15) is 9.59 Å². The second kappa shape index (κ2) is 12.1. The molecule has 7 nitrogen and oxygen atoms in total. The Morgan fingerprint density at radius 3 is 2.61 bits per heavy atom. The van der Waals surface area contributed by atoms with E-state index >= 15 is 0 Å². The SMILES string of the molecule is CCCC(=O)NC(=S)N1CCC(c2nc(C(=O)Nc3cc(OC)ccc3-c3ccccc3)cs2)CC1. The summed E-state index contributed by atoms with van der Waals surface area (Å²) in [5, 5.41) is 9.11. The lowest BCUT2D eigenvalue weighted by Crippen LogP contribution is -2.45. The molecule has 1 aromatic heterocycles. The summed E-state index contributed by atoms with van der Waals surface area (Å²) in [6.45, 7) is 3.47. The molecule has 1 saturated heterocycles. The molecule has 1 aliphatic rings. The van der Waals surface area contributed by atoms with Gasteiger partial charge in [0.05, 0.1) is 17.8 Å². The van der Waals surface area contributed by atoms with Gasteiger partial charge < -0.3 is 20.3 Å². The van der Waals surface area contributed by atoms with Gasteiger partial charge in [-0.15, -0.1) is 11.3 Å². The zero-order valence-corrected chi connectivity index (χ0v) is 22.1. The van der Waals surface area contributed by atoms with E-state index in [1.165, 1.54) is 11.3 Å². The molecule has 0 atom stereocenters. The fourth-order valence-electron chi connectivity index (χ4n) is 4.21. The molecule has 1 aliphatic heterocycles. The van der Waals surface area contributed by atoms with Crippen LogP contribution >= 0.6 is 23.6 Å². The van der Waals surface area contributed by atoms with Crippen LogP contribution in [0.25, 0.3) is 11.1 Å². The Labute approximate surface area is 220 Å². The number of thiazole rings is 1. The standard InChI is InChI=1S/C27H30N4O3S2/c1-3-7-24(32)30-27(35)31-14-12-19(13-15-31)26-29-23(17-36-26)25(33)28-22-16-20(34-2)10-11-21(22)18-8-5-4-6-9-18/h4-6,8-11,16-17,19H,3,7,12-15H2,1-2H3,(H,28,33)(H,30,32,35). The van der Waals surface area contributed by atoms with Crippen LogP contribution in [0.4, 0.5) is 5.69 Å². The third kappa shape index (κ3) is 6.27. The van der Waals surface area contributed by atoms with E-state index in [1.54, 1.807) is 7.11 Å². The largest absolute Gasteiger partial charge is 0.497 e. The number of likely N-dealkylation sites (tertiary alicyclic amines) is 1. The summed E-state index contributed by atoms with van der Waals surface area (Å²) in [6, 6.07) is 15.6. The van der Waals surface area contributed by atoms with E-state index in [0.717, 1.165) is 48.5 Å². The minimum absolute atomic E-state index is 0.0355. The molecule has 2 aromatic carbocycles. The van der Waals surface area contributed by atoms with Crippen molar-refractivity contribution < 1.29 is 14.3 Å². The maximum absolute atomic E-state index is 13.1. The van der Waals surface area contributed by atoms with Gasteiger partial charge in [0.25, 0.3) is 5.91 Å². The highest BCUT2D eigenvalue weighted by molar-refractivity contribution is 7.80. The van der Waals surface area contributed by atoms with Gasteiger partial charge in [0.2, 0.25) is 5.91 Å². The number of nitrogens with zero attached hydrogens (tertiary/aromatic N) is 2. The number of piperidine rings is 1. The minimum Gasteiger partial charge on any atom is -0.497 e. The van der Waals surface area contributed by atoms with Gasteiger partial charge in [-0.2, -0.15) is 0 Å². The van der Waals surface area contributed by atoms with Crippen LogP contribution in [0.5, 0.6) is 5.75 Å². The van der Waals surface area contributed by atoms with Crippen LogP contribution < -0.4 is 15.4 Å². The van der Waals surface area contributed by atoms with Crippen molar-refractivity contribution in [3.05, 3.63) is 64.6 Å². The Morgan fingerprint density at radius 1 is 1.17 bits per heavy atom. The third-order valence-corrected chi connectivity index (χ3v) is 7.54. The molecule has 2 heterocycles. The number of benzene rings is 2. The number of hydrogen-bond acceptors (Lipinski definition) is 6. The van der Waals surface area contributed by atoms with Crippen LogP contribution in [-0.4, -0.2) is 47.0 Å². The molecule has 188 valence electrons. The van der Waals surface area contributed by atoms with E-state index in [1.807, 2.05) is 65.7 Å². The van der Waals surface area contributed by atoms with Crippen molar-refractivity contribution >= 4 is 46.2 Å². The number of carbonyl (C=O) groups excluding carboxylic acids is 2. The lowest BCUT2D eigenvalue weighted by Gasteiger charge is -2.32. The van der Waals surface area contributed by atoms with Crippen LogP contribution in [0.3, 0.4) is 0 Å². The van der Waals surface area contributed by atoms with Crippen LogP contribution in [-0.2, 0) is 4.79 Å². The number of anilines is 1. The summed E-state index contributed by atoms with van der Waals surface area (Å²) in [5.74, 6) is 0.644. The smallest absolute Gasteiger partial charge is 0.275 e. The summed E-state index contributed by atoms with van der Waals surface area (Å²) >= 11 is 6.92. The first-order valence-electron chi connectivity index (χ1n) is 12.1. The molecule has 2 amide bonds. The molecule has 1 fully saturated rings. The molecule has 0 spiro atoms. The minimum atomic E-state index is -0.250. The Kier molecular flexibility index (Phi) is 8.66. The molecular weight excluding hydrogens is 492 g/mol. The number of thiocarbonyl (C=S) groups is 1. The number of aromatic nitrogens is 1. The number of carbonyl (C=O) groups is 2. The van der Waals surface area contributed by atoms with Crippen molar-refractivity contribution in [2.45, 2.75) is 38.5 Å². The normalized spacial score (nSPS) is 13.8. The summed E-state index contributed by atoms with van der Waals surface area (Å²) in [7, 11) is 1.60. The van der Waals surface area contributed by atoms with Gasteiger partial charge in [0.15, 0.2) is 5.11 Å². The molecule has 0 bridgehead atoms. The number of ether oxygens (including phenoxy) is 1. The molecule has 9 heteroatoms. The number of nitrogens with one attached hydrogen (secondary N) is 2. The summed E-state index contributed by atoms with van der Waals surface area (Å²) in [4.78, 5) is 31.7. The zero-order chi connectivity index (χ0) is 25.5. The highest BCUT2D eigenvalue weighted by Gasteiger charge is 2.26. The van der Waals surface area contributed by atoms with Crippen LogP contribution in [0.1, 0.15) is 54.0 Å². The van der Waals surface area contributed by atoms with E-state index in [0.29, 0.717) is 28.7 Å². The number of methoxy groups -OCH3 is 1. The molecule has 0 aliphatic carbocycles. The maximum Gasteiger partial charge on any atom is 0.275 e. The van der Waals surface area contributed by atoms with Gasteiger partial charge in [0, 0.05) is 42.4 Å². The Hall–Kier alpha value is -3.30. The van der Waals surface area contributed by atoms with Crippen molar-refractivity contribution in [2.75, 3.05) is 25.5 Å². The van der Waals surface area contributed by atoms with Crippen molar-refractivity contribution in [3.8, 4) is 16.9 Å². The van der Waals surface area contributed by atoms with Gasteiger partial charge in [-0.1, -0.05) is 37.3 Å². The van der Waals surface area contributed by atoms with Gasteiger partial charge in [-0.25, -0.2) is 4.98 Å². The van der Waals surface area contributed by atoms with Crippen molar-refractivity contribution in [2.24, 2.45) is 0 Å². The summed E-state index contributed by atoms with van der Waals surface area (Å²) in [5.41, 5.74) is 2.99. The fraction of sp³-hybridized carbons (Fsp3) is 0.333. The monoisotopic (exact) mass is 522 g/mol. The van der Waals surface area contributed by atoms with Gasteiger partial charge >= 0.3 is 0 Å². The van der Waals surface area contributed by atoms with Gasteiger partial charge in [-0.05, 0) is 49.2 Å². The van der Waals surface area contributed by atoms with Gasteiger partial charge in [-0.3, -0.25) is 9.59 Å². The molecule has 36 heavy (non-hydrogen) atoms. The first-order valence-corrected chi connectivity index (χ1v) is 13.4. The molecule has 0 saturated carbocycles. The van der Waals surface area contributed by atoms with Gasteiger partial charge in [0.1, 0.15) is 11.4 Å².